The van der Waals surface area contributed by atoms with Gasteiger partial charge in [0.1, 0.15) is 0 Å². The summed E-state index contributed by atoms with van der Waals surface area (Å²) in [4.78, 5) is 26.9. The predicted molar refractivity (Wildman–Crippen MR) is 121 cm³/mol. The van der Waals surface area contributed by atoms with Crippen LogP contribution in [0.1, 0.15) is 45.7 Å². The molecule has 0 spiro atoms. The van der Waals surface area contributed by atoms with Gasteiger partial charge in [-0.2, -0.15) is 0 Å². The summed E-state index contributed by atoms with van der Waals surface area (Å²) in [6.45, 7) is 5.18. The summed E-state index contributed by atoms with van der Waals surface area (Å²) in [5.41, 5.74) is 3.45. The first-order valence-corrected chi connectivity index (χ1v) is 9.98. The molecule has 0 unspecified atom stereocenters. The van der Waals surface area contributed by atoms with Crippen LogP contribution in [0.15, 0.2) is 78.9 Å². The minimum atomic E-state index is -0.231. The van der Waals surface area contributed by atoms with Crippen LogP contribution in [0.5, 0.6) is 0 Å². The van der Waals surface area contributed by atoms with Gasteiger partial charge >= 0.3 is 0 Å². The summed E-state index contributed by atoms with van der Waals surface area (Å²) in [5.74, 6) is 5.92. The molecule has 4 nitrogen and oxygen atoms in total. The van der Waals surface area contributed by atoms with Gasteiger partial charge in [-0.25, -0.2) is 0 Å². The molecule has 0 fully saturated rings. The van der Waals surface area contributed by atoms with Crippen molar-refractivity contribution in [2.24, 2.45) is 0 Å². The van der Waals surface area contributed by atoms with Gasteiger partial charge in [0.25, 0.3) is 11.8 Å². The van der Waals surface area contributed by atoms with Crippen molar-refractivity contribution in [1.29, 1.82) is 0 Å². The van der Waals surface area contributed by atoms with Gasteiger partial charge in [-0.3, -0.25) is 9.59 Å². The van der Waals surface area contributed by atoms with E-state index in [1.54, 1.807) is 41.3 Å². The maximum absolute atomic E-state index is 12.6. The topological polar surface area (TPSA) is 49.4 Å². The Morgan fingerprint density at radius 3 is 2.03 bits per heavy atom. The van der Waals surface area contributed by atoms with E-state index in [1.165, 1.54) is 0 Å². The zero-order chi connectivity index (χ0) is 21.3. The van der Waals surface area contributed by atoms with Gasteiger partial charge in [0, 0.05) is 41.0 Å². The second-order valence-corrected chi connectivity index (χ2v) is 6.71. The van der Waals surface area contributed by atoms with Crippen LogP contribution in [0, 0.1) is 11.8 Å². The molecule has 0 saturated carbocycles. The smallest absolute Gasteiger partial charge is 0.255 e. The Kier molecular flexibility index (Phi) is 7.02. The molecule has 3 aromatic carbocycles. The normalized spacial score (nSPS) is 9.93. The molecule has 3 aromatic rings. The van der Waals surface area contributed by atoms with E-state index in [9.17, 15) is 9.59 Å². The lowest BCUT2D eigenvalue weighted by molar-refractivity contribution is 0.0772. The van der Waals surface area contributed by atoms with Crippen molar-refractivity contribution in [2.75, 3.05) is 18.4 Å². The van der Waals surface area contributed by atoms with Crippen molar-refractivity contribution in [2.45, 2.75) is 13.8 Å². The molecule has 150 valence electrons. The first-order chi connectivity index (χ1) is 14.6. The van der Waals surface area contributed by atoms with Crippen LogP contribution >= 0.6 is 0 Å². The van der Waals surface area contributed by atoms with Gasteiger partial charge < -0.3 is 10.2 Å². The van der Waals surface area contributed by atoms with Crippen molar-refractivity contribution >= 4 is 17.5 Å². The van der Waals surface area contributed by atoms with Crippen molar-refractivity contribution in [3.05, 3.63) is 101 Å². The second kappa shape index (κ2) is 10.1. The van der Waals surface area contributed by atoms with Crippen LogP contribution in [0.25, 0.3) is 0 Å². The number of nitrogens with zero attached hydrogens (tertiary/aromatic N) is 1. The number of rotatable bonds is 5. The molecule has 0 heterocycles. The lowest BCUT2D eigenvalue weighted by atomic mass is 10.1. The van der Waals surface area contributed by atoms with E-state index >= 15 is 0 Å². The molecule has 0 bridgehead atoms. The quantitative estimate of drug-likeness (QED) is 0.629. The highest BCUT2D eigenvalue weighted by Crippen LogP contribution is 2.15. The van der Waals surface area contributed by atoms with Gasteiger partial charge in [-0.1, -0.05) is 36.1 Å². The number of nitrogens with one attached hydrogen (secondary N) is 1. The Bertz CT molecular complexity index is 1070. The lowest BCUT2D eigenvalue weighted by Gasteiger charge is -2.19. The first kappa shape index (κ1) is 20.9. The summed E-state index contributed by atoms with van der Waals surface area (Å²) in [6, 6.07) is 23.9. The van der Waals surface area contributed by atoms with Crippen molar-refractivity contribution in [3.63, 3.8) is 0 Å². The SMILES string of the molecule is CCN(CC)C(=O)c1cccc(NC(=O)c2ccc(C#Cc3ccccc3)cc2)c1. The number of anilines is 1. The standard InChI is InChI=1S/C26H24N2O2/c1-3-28(4-2)26(30)23-11-8-12-24(19-23)27-25(29)22-17-15-21(16-18-22)14-13-20-9-6-5-7-10-20/h5-12,15-19H,3-4H2,1-2H3,(H,27,29). The summed E-state index contributed by atoms with van der Waals surface area (Å²) in [5, 5.41) is 2.86. The first-order valence-electron chi connectivity index (χ1n) is 9.98. The zero-order valence-electron chi connectivity index (χ0n) is 17.2. The minimum absolute atomic E-state index is 0.0440. The molecular weight excluding hydrogens is 372 g/mol. The fourth-order valence-electron chi connectivity index (χ4n) is 3.00. The molecule has 1 N–H and O–H groups in total. The Morgan fingerprint density at radius 1 is 0.767 bits per heavy atom. The van der Waals surface area contributed by atoms with Crippen molar-refractivity contribution < 1.29 is 9.59 Å². The van der Waals surface area contributed by atoms with Crippen LogP contribution < -0.4 is 5.32 Å². The highest BCUT2D eigenvalue weighted by molar-refractivity contribution is 6.05. The molecule has 0 aromatic heterocycles. The Labute approximate surface area is 177 Å². The Balaban J connectivity index is 1.68. The molecule has 4 heteroatoms. The molecule has 0 saturated heterocycles. The highest BCUT2D eigenvalue weighted by atomic mass is 16.2. The third-order valence-corrected chi connectivity index (χ3v) is 4.69. The molecule has 0 aliphatic carbocycles. The van der Waals surface area contributed by atoms with Crippen molar-refractivity contribution in [1.82, 2.24) is 4.90 Å². The average Bonchev–Trinajstić information content (AvgIpc) is 2.79. The van der Waals surface area contributed by atoms with Gasteiger partial charge in [0.15, 0.2) is 0 Å². The van der Waals surface area contributed by atoms with E-state index < -0.39 is 0 Å². The molecular formula is C26H24N2O2. The summed E-state index contributed by atoms with van der Waals surface area (Å²) in [7, 11) is 0. The molecule has 0 aliphatic rings. The van der Waals surface area contributed by atoms with E-state index in [-0.39, 0.29) is 11.8 Å². The zero-order valence-corrected chi connectivity index (χ0v) is 17.2. The number of amides is 2. The number of hydrogen-bond acceptors (Lipinski definition) is 2. The van der Waals surface area contributed by atoms with Crippen LogP contribution in [0.2, 0.25) is 0 Å². The number of carbonyl (C=O) groups is 2. The van der Waals surface area contributed by atoms with E-state index in [0.717, 1.165) is 11.1 Å². The van der Waals surface area contributed by atoms with Gasteiger partial charge in [-0.05, 0) is 68.4 Å². The van der Waals surface area contributed by atoms with Crippen LogP contribution in [0.3, 0.4) is 0 Å². The average molecular weight is 396 g/mol. The molecule has 3 rings (SSSR count). The Morgan fingerprint density at radius 2 is 1.40 bits per heavy atom. The number of carbonyl (C=O) groups excluding carboxylic acids is 2. The van der Waals surface area contributed by atoms with Crippen LogP contribution in [-0.2, 0) is 0 Å². The van der Waals surface area contributed by atoms with Crippen LogP contribution in [-0.4, -0.2) is 29.8 Å². The molecule has 0 radical (unpaired) electrons. The third-order valence-electron chi connectivity index (χ3n) is 4.69. The molecule has 0 aliphatic heterocycles. The van der Waals surface area contributed by atoms with Gasteiger partial charge in [0.05, 0.1) is 0 Å². The largest absolute Gasteiger partial charge is 0.339 e. The summed E-state index contributed by atoms with van der Waals surface area (Å²) >= 11 is 0. The summed E-state index contributed by atoms with van der Waals surface area (Å²) in [6.07, 6.45) is 0. The van der Waals surface area contributed by atoms with E-state index in [0.29, 0.717) is 29.9 Å². The Hall–Kier alpha value is -3.84. The maximum atomic E-state index is 12.6. The highest BCUT2D eigenvalue weighted by Gasteiger charge is 2.13. The van der Waals surface area contributed by atoms with E-state index in [2.05, 4.69) is 17.2 Å². The second-order valence-electron chi connectivity index (χ2n) is 6.71. The number of hydrogen-bond donors (Lipinski definition) is 1. The van der Waals surface area contributed by atoms with Gasteiger partial charge in [-0.15, -0.1) is 0 Å². The van der Waals surface area contributed by atoms with E-state index in [4.69, 9.17) is 0 Å². The monoisotopic (exact) mass is 396 g/mol. The summed E-state index contributed by atoms with van der Waals surface area (Å²) < 4.78 is 0. The van der Waals surface area contributed by atoms with Gasteiger partial charge in [0.2, 0.25) is 0 Å². The predicted octanol–water partition coefficient (Wildman–Crippen LogP) is 4.82. The fourth-order valence-corrected chi connectivity index (χ4v) is 3.00. The van der Waals surface area contributed by atoms with Crippen LogP contribution in [0.4, 0.5) is 5.69 Å². The van der Waals surface area contributed by atoms with Crippen molar-refractivity contribution in [3.8, 4) is 11.8 Å². The van der Waals surface area contributed by atoms with E-state index in [1.807, 2.05) is 56.3 Å². The fraction of sp³-hybridized carbons (Fsp3) is 0.154. The molecule has 30 heavy (non-hydrogen) atoms. The number of benzene rings is 3. The lowest BCUT2D eigenvalue weighted by Crippen LogP contribution is -2.30. The molecule has 0 atom stereocenters. The maximum Gasteiger partial charge on any atom is 0.255 e. The molecule has 2 amide bonds. The third kappa shape index (κ3) is 5.36. The minimum Gasteiger partial charge on any atom is -0.339 e.